The zero-order chi connectivity index (χ0) is 17.7. The Morgan fingerprint density at radius 3 is 2.42 bits per heavy atom. The number of hydrogen-bond acceptors (Lipinski definition) is 4. The highest BCUT2D eigenvalue weighted by Crippen LogP contribution is 2.31. The summed E-state index contributed by atoms with van der Waals surface area (Å²) in [6.07, 6.45) is 1.92. The maximum absolute atomic E-state index is 6.04. The third-order valence-corrected chi connectivity index (χ3v) is 5.02. The van der Waals surface area contributed by atoms with E-state index in [4.69, 9.17) is 21.4 Å². The van der Waals surface area contributed by atoms with Gasteiger partial charge in [-0.15, -0.1) is 0 Å². The molecule has 0 saturated carbocycles. The van der Waals surface area contributed by atoms with Crippen molar-refractivity contribution in [3.05, 3.63) is 33.5 Å². The molecule has 1 aromatic heterocycles. The molecular weight excluding hydrogens is 318 g/mol. The lowest BCUT2D eigenvalue weighted by Gasteiger charge is -2.19. The zero-order valence-corrected chi connectivity index (χ0v) is 16.4. The first-order chi connectivity index (χ1) is 11.5. The lowest BCUT2D eigenvalue weighted by atomic mass is 10.0. The van der Waals surface area contributed by atoms with Crippen molar-refractivity contribution in [1.29, 1.82) is 0 Å². The molecule has 1 heterocycles. The van der Waals surface area contributed by atoms with Gasteiger partial charge in [-0.2, -0.15) is 0 Å². The molecule has 0 N–H and O–H groups in total. The smallest absolute Gasteiger partial charge is 0.194 e. The second-order valence-electron chi connectivity index (χ2n) is 6.18. The number of fused-ring (bicyclic) bond motifs is 1. The van der Waals surface area contributed by atoms with Crippen molar-refractivity contribution in [2.24, 2.45) is 0 Å². The first kappa shape index (κ1) is 18.9. The molecule has 24 heavy (non-hydrogen) atoms. The van der Waals surface area contributed by atoms with Crippen molar-refractivity contribution in [2.45, 2.75) is 47.5 Å². The Hall–Kier alpha value is -1.39. The van der Waals surface area contributed by atoms with Crippen LogP contribution in [0.4, 0.5) is 0 Å². The first-order valence-electron chi connectivity index (χ1n) is 8.94. The van der Waals surface area contributed by atoms with Crippen LogP contribution in [0, 0.1) is 18.6 Å². The highest BCUT2D eigenvalue weighted by atomic mass is 32.1. The molecule has 0 aliphatic heterocycles. The van der Waals surface area contributed by atoms with E-state index < -0.39 is 0 Å². The molecule has 0 aliphatic carbocycles. The van der Waals surface area contributed by atoms with E-state index in [2.05, 4.69) is 38.7 Å². The number of rotatable bonds is 8. The molecular formula is C20H29NO2S. The molecule has 0 saturated heterocycles. The summed E-state index contributed by atoms with van der Waals surface area (Å²) in [6.45, 7) is 14.5. The number of likely N-dealkylation sites (N-methyl/N-ethyl adjacent to an activating group) is 1. The van der Waals surface area contributed by atoms with Crippen molar-refractivity contribution in [3.63, 3.8) is 0 Å². The van der Waals surface area contributed by atoms with Crippen molar-refractivity contribution >= 4 is 23.2 Å². The summed E-state index contributed by atoms with van der Waals surface area (Å²) < 4.78 is 12.5. The van der Waals surface area contributed by atoms with Crippen LogP contribution >= 0.6 is 12.2 Å². The molecule has 1 aromatic carbocycles. The number of aryl methyl sites for hydroxylation is 2. The lowest BCUT2D eigenvalue weighted by Crippen LogP contribution is -2.25. The van der Waals surface area contributed by atoms with Gasteiger partial charge in [-0.05, 0) is 69.7 Å². The molecule has 2 rings (SSSR count). The van der Waals surface area contributed by atoms with Gasteiger partial charge in [0.05, 0.1) is 6.61 Å². The Kier molecular flexibility index (Phi) is 6.81. The number of benzene rings is 1. The van der Waals surface area contributed by atoms with Crippen LogP contribution in [0.5, 0.6) is 5.75 Å². The van der Waals surface area contributed by atoms with Crippen LogP contribution < -0.4 is 4.74 Å². The summed E-state index contributed by atoms with van der Waals surface area (Å²) in [4.78, 5) is 2.41. The molecule has 0 bridgehead atoms. The molecule has 0 unspecified atom stereocenters. The third-order valence-electron chi connectivity index (χ3n) is 4.69. The van der Waals surface area contributed by atoms with E-state index in [1.165, 1.54) is 5.56 Å². The third kappa shape index (κ3) is 3.98. The Balaban J connectivity index is 2.41. The minimum absolute atomic E-state index is 0.614. The Morgan fingerprint density at radius 1 is 1.08 bits per heavy atom. The zero-order valence-electron chi connectivity index (χ0n) is 15.6. The van der Waals surface area contributed by atoms with Gasteiger partial charge in [0.1, 0.15) is 11.3 Å². The molecule has 0 fully saturated rings. The van der Waals surface area contributed by atoms with Crippen molar-refractivity contribution < 1.29 is 9.15 Å². The quantitative estimate of drug-likeness (QED) is 0.593. The second-order valence-corrected chi connectivity index (χ2v) is 6.55. The molecule has 3 nitrogen and oxygen atoms in total. The van der Waals surface area contributed by atoms with Gasteiger partial charge in [-0.25, -0.2) is 0 Å². The van der Waals surface area contributed by atoms with Gasteiger partial charge in [-0.3, -0.25) is 0 Å². The van der Waals surface area contributed by atoms with Crippen LogP contribution in [0.25, 0.3) is 11.0 Å². The monoisotopic (exact) mass is 347 g/mol. The maximum Gasteiger partial charge on any atom is 0.194 e. The van der Waals surface area contributed by atoms with Crippen molar-refractivity contribution in [3.8, 4) is 5.75 Å². The van der Waals surface area contributed by atoms with E-state index in [-0.39, 0.29) is 0 Å². The van der Waals surface area contributed by atoms with E-state index >= 15 is 0 Å². The van der Waals surface area contributed by atoms with Crippen molar-refractivity contribution in [1.82, 2.24) is 4.90 Å². The molecule has 2 aromatic rings. The van der Waals surface area contributed by atoms with E-state index in [1.54, 1.807) is 0 Å². The molecule has 4 heteroatoms. The van der Waals surface area contributed by atoms with Crippen LogP contribution in [0.15, 0.2) is 16.5 Å². The standard InChI is InChI=1S/C20H29NO2S/c1-6-13-22-18-10-9-16-14(4)17(11-12-21(7-2)8-3)20(24)23-19(16)15(18)5/h9-10H,6-8,11-13H2,1-5H3. The Morgan fingerprint density at radius 2 is 1.79 bits per heavy atom. The molecule has 0 spiro atoms. The Bertz CT molecular complexity index is 747. The van der Waals surface area contributed by atoms with Gasteiger partial charge in [-0.1, -0.05) is 20.8 Å². The summed E-state index contributed by atoms with van der Waals surface area (Å²) in [6, 6.07) is 4.15. The second kappa shape index (κ2) is 8.63. The Labute approximate surface area is 150 Å². The highest BCUT2D eigenvalue weighted by Gasteiger charge is 2.14. The summed E-state index contributed by atoms with van der Waals surface area (Å²) in [7, 11) is 0. The topological polar surface area (TPSA) is 25.6 Å². The first-order valence-corrected chi connectivity index (χ1v) is 9.35. The summed E-state index contributed by atoms with van der Waals surface area (Å²) >= 11 is 5.56. The number of nitrogens with zero attached hydrogens (tertiary/aromatic N) is 1. The van der Waals surface area contributed by atoms with E-state index in [9.17, 15) is 0 Å². The van der Waals surface area contributed by atoms with Gasteiger partial charge in [0, 0.05) is 23.1 Å². The SMILES string of the molecule is CCCOc1ccc2c(C)c(CCN(CC)CC)c(=S)oc2c1C. The lowest BCUT2D eigenvalue weighted by molar-refractivity contribution is 0.306. The molecule has 0 radical (unpaired) electrons. The van der Waals surface area contributed by atoms with Gasteiger partial charge >= 0.3 is 0 Å². The van der Waals surface area contributed by atoms with Crippen molar-refractivity contribution in [2.75, 3.05) is 26.2 Å². The van der Waals surface area contributed by atoms with Crippen LogP contribution in [-0.2, 0) is 6.42 Å². The maximum atomic E-state index is 6.04. The summed E-state index contributed by atoms with van der Waals surface area (Å²) in [5.41, 5.74) is 4.28. The van der Waals surface area contributed by atoms with Gasteiger partial charge < -0.3 is 14.1 Å². The van der Waals surface area contributed by atoms with E-state index in [0.29, 0.717) is 11.3 Å². The fraction of sp³-hybridized carbons (Fsp3) is 0.550. The molecule has 0 atom stereocenters. The number of hydrogen-bond donors (Lipinski definition) is 0. The average molecular weight is 348 g/mol. The van der Waals surface area contributed by atoms with Crippen LogP contribution in [0.2, 0.25) is 0 Å². The highest BCUT2D eigenvalue weighted by molar-refractivity contribution is 7.71. The minimum Gasteiger partial charge on any atom is -0.493 e. The molecule has 132 valence electrons. The minimum atomic E-state index is 0.614. The van der Waals surface area contributed by atoms with Crippen LogP contribution in [0.1, 0.15) is 43.9 Å². The predicted molar refractivity (Wildman–Crippen MR) is 104 cm³/mol. The fourth-order valence-electron chi connectivity index (χ4n) is 3.04. The van der Waals surface area contributed by atoms with E-state index in [1.807, 2.05) is 13.0 Å². The van der Waals surface area contributed by atoms with Gasteiger partial charge in [0.15, 0.2) is 4.71 Å². The number of ether oxygens (including phenoxy) is 1. The summed E-state index contributed by atoms with van der Waals surface area (Å²) in [5, 5.41) is 1.14. The normalized spacial score (nSPS) is 11.4. The van der Waals surface area contributed by atoms with Gasteiger partial charge in [0.2, 0.25) is 0 Å². The predicted octanol–water partition coefficient (Wildman–Crippen LogP) is 5.45. The molecule has 0 amide bonds. The fourth-order valence-corrected chi connectivity index (χ4v) is 3.38. The molecule has 0 aliphatic rings. The largest absolute Gasteiger partial charge is 0.493 e. The average Bonchev–Trinajstić information content (AvgIpc) is 2.58. The van der Waals surface area contributed by atoms with Gasteiger partial charge in [0.25, 0.3) is 0 Å². The van der Waals surface area contributed by atoms with Crippen LogP contribution in [0.3, 0.4) is 0 Å². The summed E-state index contributed by atoms with van der Waals surface area (Å²) in [5.74, 6) is 0.887. The van der Waals surface area contributed by atoms with E-state index in [0.717, 1.165) is 60.3 Å². The van der Waals surface area contributed by atoms with Crippen LogP contribution in [-0.4, -0.2) is 31.1 Å².